The van der Waals surface area contributed by atoms with Crippen molar-refractivity contribution < 1.29 is 9.47 Å². The van der Waals surface area contributed by atoms with Gasteiger partial charge in [0, 0.05) is 52.0 Å². The highest BCUT2D eigenvalue weighted by Crippen LogP contribution is 2.43. The van der Waals surface area contributed by atoms with Crippen molar-refractivity contribution in [3.05, 3.63) is 107 Å². The van der Waals surface area contributed by atoms with Crippen LogP contribution in [-0.2, 0) is 6.42 Å². The van der Waals surface area contributed by atoms with Gasteiger partial charge < -0.3 is 19.4 Å². The Bertz CT molecular complexity index is 1810. The average molecular weight is 530 g/mol. The number of nitrogens with zero attached hydrogens (tertiary/aromatic N) is 4. The normalized spacial score (nSPS) is 16.0. The van der Waals surface area contributed by atoms with Crippen molar-refractivity contribution in [3.8, 4) is 33.3 Å². The predicted molar refractivity (Wildman–Crippen MR) is 152 cm³/mol. The van der Waals surface area contributed by atoms with Gasteiger partial charge >= 0.3 is 0 Å². The molecule has 0 aliphatic carbocycles. The summed E-state index contributed by atoms with van der Waals surface area (Å²) in [7, 11) is 0. The van der Waals surface area contributed by atoms with Crippen LogP contribution < -0.4 is 14.4 Å². The van der Waals surface area contributed by atoms with Crippen LogP contribution in [0.2, 0.25) is 0 Å². The molecule has 8 rings (SSSR count). The van der Waals surface area contributed by atoms with Crippen molar-refractivity contribution in [2.45, 2.75) is 12.5 Å². The topological polar surface area (TPSA) is 76.2 Å². The maximum absolute atomic E-state index is 5.73. The van der Waals surface area contributed by atoms with Crippen LogP contribution in [0.4, 0.5) is 5.95 Å². The van der Waals surface area contributed by atoms with E-state index in [2.05, 4.69) is 63.8 Å². The molecule has 0 saturated carbocycles. The number of thiazole rings is 1. The fourth-order valence-corrected chi connectivity index (χ4v) is 6.42. The van der Waals surface area contributed by atoms with E-state index in [1.165, 1.54) is 16.6 Å². The number of nitrogens with one attached hydrogen (secondary N) is 1. The molecule has 3 aromatic carbocycles. The molecule has 0 spiro atoms. The molecule has 7 nitrogen and oxygen atoms in total. The fraction of sp³-hybridized carbons (Fsp3) is 0.129. The first-order valence-electron chi connectivity index (χ1n) is 12.9. The Morgan fingerprint density at radius 3 is 2.59 bits per heavy atom. The van der Waals surface area contributed by atoms with Gasteiger partial charge in [-0.15, -0.1) is 11.3 Å². The molecule has 39 heavy (non-hydrogen) atoms. The van der Waals surface area contributed by atoms with E-state index >= 15 is 0 Å². The molecule has 2 aliphatic rings. The van der Waals surface area contributed by atoms with Gasteiger partial charge in [0.15, 0.2) is 11.5 Å². The molecule has 190 valence electrons. The molecule has 0 amide bonds. The maximum Gasteiger partial charge on any atom is 0.231 e. The Hall–Kier alpha value is -4.69. The molecule has 1 atom stereocenters. The number of benzene rings is 3. The molecule has 6 aromatic rings. The van der Waals surface area contributed by atoms with Crippen LogP contribution in [0.3, 0.4) is 0 Å². The molecule has 1 N–H and O–H groups in total. The van der Waals surface area contributed by atoms with E-state index in [4.69, 9.17) is 24.4 Å². The second-order valence-corrected chi connectivity index (χ2v) is 10.6. The monoisotopic (exact) mass is 529 g/mol. The van der Waals surface area contributed by atoms with Crippen LogP contribution in [0.1, 0.15) is 22.9 Å². The van der Waals surface area contributed by atoms with Crippen LogP contribution in [-0.4, -0.2) is 33.3 Å². The molecular weight excluding hydrogens is 506 g/mol. The molecule has 5 heterocycles. The van der Waals surface area contributed by atoms with E-state index in [0.717, 1.165) is 57.4 Å². The lowest BCUT2D eigenvalue weighted by molar-refractivity contribution is 0.174. The predicted octanol–water partition coefficient (Wildman–Crippen LogP) is 6.63. The Morgan fingerprint density at radius 1 is 0.872 bits per heavy atom. The van der Waals surface area contributed by atoms with Crippen LogP contribution in [0.15, 0.2) is 90.6 Å². The molecule has 0 bridgehead atoms. The third-order valence-electron chi connectivity index (χ3n) is 7.46. The quantitative estimate of drug-likeness (QED) is 0.276. The second kappa shape index (κ2) is 8.96. The Balaban J connectivity index is 1.18. The zero-order chi connectivity index (χ0) is 25.8. The highest BCUT2D eigenvalue weighted by molar-refractivity contribution is 7.13. The van der Waals surface area contributed by atoms with Gasteiger partial charge in [-0.1, -0.05) is 54.6 Å². The van der Waals surface area contributed by atoms with Gasteiger partial charge in [0.05, 0.1) is 11.7 Å². The first-order valence-corrected chi connectivity index (χ1v) is 13.8. The number of aromatic amines is 1. The van der Waals surface area contributed by atoms with Crippen molar-refractivity contribution in [2.24, 2.45) is 0 Å². The average Bonchev–Trinajstić information content (AvgIpc) is 3.75. The molecule has 2 aliphatic heterocycles. The Morgan fingerprint density at radius 2 is 1.69 bits per heavy atom. The van der Waals surface area contributed by atoms with E-state index in [1.54, 1.807) is 11.3 Å². The van der Waals surface area contributed by atoms with Crippen molar-refractivity contribution in [3.63, 3.8) is 0 Å². The summed E-state index contributed by atoms with van der Waals surface area (Å²) in [5, 5.41) is 4.26. The minimum atomic E-state index is -0.0916. The van der Waals surface area contributed by atoms with Gasteiger partial charge in [-0.05, 0) is 35.7 Å². The number of para-hydroxylation sites is 1. The molecule has 8 heteroatoms. The number of fused-ring (bicyclic) bond motifs is 4. The summed E-state index contributed by atoms with van der Waals surface area (Å²) in [5.41, 5.74) is 7.74. The summed E-state index contributed by atoms with van der Waals surface area (Å²) < 4.78 is 11.3. The number of ether oxygens (including phenoxy) is 2. The number of aromatic nitrogens is 4. The third kappa shape index (κ3) is 3.75. The molecule has 1 unspecified atom stereocenters. The van der Waals surface area contributed by atoms with E-state index in [9.17, 15) is 0 Å². The highest BCUT2D eigenvalue weighted by Gasteiger charge is 2.34. The maximum atomic E-state index is 5.73. The zero-order valence-corrected chi connectivity index (χ0v) is 21.7. The summed E-state index contributed by atoms with van der Waals surface area (Å²) >= 11 is 1.61. The third-order valence-corrected chi connectivity index (χ3v) is 8.35. The van der Waals surface area contributed by atoms with Crippen molar-refractivity contribution in [1.82, 2.24) is 19.9 Å². The second-order valence-electron chi connectivity index (χ2n) is 9.70. The Kier molecular flexibility index (Phi) is 5.12. The fourth-order valence-electron chi connectivity index (χ4n) is 5.61. The molecule has 3 aromatic heterocycles. The van der Waals surface area contributed by atoms with Crippen LogP contribution in [0, 0.1) is 0 Å². The van der Waals surface area contributed by atoms with E-state index in [-0.39, 0.29) is 12.8 Å². The summed E-state index contributed by atoms with van der Waals surface area (Å²) in [6.07, 6.45) is 4.67. The van der Waals surface area contributed by atoms with Crippen LogP contribution in [0.25, 0.3) is 32.7 Å². The SMILES string of the molecule is c1ccc(-c2csc(-c3cnc(N4CCc5c([nH]c6ccccc56)C4c4ccc5c(c4)OCO5)nc3)n2)cc1. The molecule has 0 saturated heterocycles. The van der Waals surface area contributed by atoms with Crippen LogP contribution >= 0.6 is 11.3 Å². The van der Waals surface area contributed by atoms with E-state index < -0.39 is 0 Å². The lowest BCUT2D eigenvalue weighted by Gasteiger charge is -2.36. The zero-order valence-electron chi connectivity index (χ0n) is 20.9. The molecule has 0 radical (unpaired) electrons. The minimum absolute atomic E-state index is 0.0916. The van der Waals surface area contributed by atoms with Crippen molar-refractivity contribution in [1.29, 1.82) is 0 Å². The van der Waals surface area contributed by atoms with Gasteiger partial charge in [0.25, 0.3) is 0 Å². The number of H-pyrrole nitrogens is 1. The first kappa shape index (κ1) is 22.3. The lowest BCUT2D eigenvalue weighted by atomic mass is 9.92. The first-order chi connectivity index (χ1) is 19.3. The van der Waals surface area contributed by atoms with Crippen molar-refractivity contribution in [2.75, 3.05) is 18.2 Å². The summed E-state index contributed by atoms with van der Waals surface area (Å²) in [6.45, 7) is 1.04. The summed E-state index contributed by atoms with van der Waals surface area (Å²) in [6, 6.07) is 24.8. The lowest BCUT2D eigenvalue weighted by Crippen LogP contribution is -2.37. The van der Waals surface area contributed by atoms with Crippen molar-refractivity contribution >= 4 is 28.2 Å². The number of rotatable bonds is 4. The smallest absolute Gasteiger partial charge is 0.231 e. The number of hydrogen-bond acceptors (Lipinski definition) is 7. The highest BCUT2D eigenvalue weighted by atomic mass is 32.1. The minimum Gasteiger partial charge on any atom is -0.454 e. The van der Waals surface area contributed by atoms with E-state index in [1.807, 2.05) is 36.7 Å². The van der Waals surface area contributed by atoms with Gasteiger partial charge in [-0.25, -0.2) is 15.0 Å². The van der Waals surface area contributed by atoms with Gasteiger partial charge in [0.1, 0.15) is 5.01 Å². The largest absolute Gasteiger partial charge is 0.454 e. The Labute approximate surface area is 228 Å². The summed E-state index contributed by atoms with van der Waals surface area (Å²) in [4.78, 5) is 20.5. The van der Waals surface area contributed by atoms with Gasteiger partial charge in [0.2, 0.25) is 12.7 Å². The van der Waals surface area contributed by atoms with E-state index in [0.29, 0.717) is 5.95 Å². The molecular formula is C31H23N5O2S. The van der Waals surface area contributed by atoms with Crippen LogP contribution in [0.5, 0.6) is 11.5 Å². The van der Waals surface area contributed by atoms with Gasteiger partial charge in [-0.3, -0.25) is 0 Å². The summed E-state index contributed by atoms with van der Waals surface area (Å²) in [5.74, 6) is 2.23. The van der Waals surface area contributed by atoms with Gasteiger partial charge in [-0.2, -0.15) is 0 Å². The number of anilines is 1. The number of hydrogen-bond donors (Lipinski definition) is 1. The molecule has 0 fully saturated rings. The standard InChI is InChI=1S/C31H23N5O2S/c1-2-6-19(7-3-1)25-17-39-30(35-25)21-15-32-31(33-16-21)36-13-12-23-22-8-4-5-9-24(22)34-28(23)29(36)20-10-11-26-27(14-20)38-18-37-26/h1-11,14-17,29,34H,12-13,18H2.